The van der Waals surface area contributed by atoms with Crippen LogP contribution in [0.3, 0.4) is 0 Å². The Labute approximate surface area is 112 Å². The molecule has 2 atom stereocenters. The van der Waals surface area contributed by atoms with Crippen molar-refractivity contribution in [3.63, 3.8) is 0 Å². The summed E-state index contributed by atoms with van der Waals surface area (Å²) < 4.78 is 5.77. The Hall–Kier alpha value is -0.120. The predicted octanol–water partition coefficient (Wildman–Crippen LogP) is 2.12. The maximum Gasteiger partial charge on any atom is 0.0712 e. The zero-order valence-corrected chi connectivity index (χ0v) is 12.2. The largest absolute Gasteiger partial charge is 0.376 e. The van der Waals surface area contributed by atoms with E-state index in [1.807, 2.05) is 0 Å². The molecule has 2 heterocycles. The molecule has 2 rings (SSSR count). The Kier molecular flexibility index (Phi) is 5.93. The molecule has 2 fully saturated rings. The molecule has 0 aromatic heterocycles. The van der Waals surface area contributed by atoms with E-state index in [4.69, 9.17) is 4.74 Å². The molecule has 0 saturated carbocycles. The minimum Gasteiger partial charge on any atom is -0.376 e. The van der Waals surface area contributed by atoms with Gasteiger partial charge in [-0.1, -0.05) is 13.8 Å². The summed E-state index contributed by atoms with van der Waals surface area (Å²) in [6.07, 6.45) is 5.84. The minimum atomic E-state index is 0.447. The van der Waals surface area contributed by atoms with Crippen molar-refractivity contribution in [3.05, 3.63) is 0 Å². The summed E-state index contributed by atoms with van der Waals surface area (Å²) in [6, 6.07) is 0. The number of morpholine rings is 1. The first-order valence-electron chi connectivity index (χ1n) is 7.80. The number of hydrogen-bond donors (Lipinski definition) is 1. The number of nitrogens with one attached hydrogen (secondary N) is 1. The van der Waals surface area contributed by atoms with Gasteiger partial charge in [-0.25, -0.2) is 0 Å². The van der Waals surface area contributed by atoms with E-state index >= 15 is 0 Å². The van der Waals surface area contributed by atoms with E-state index in [0.29, 0.717) is 6.10 Å². The van der Waals surface area contributed by atoms with Crippen LogP contribution in [0.4, 0.5) is 0 Å². The average Bonchev–Trinajstić information content (AvgIpc) is 2.63. The van der Waals surface area contributed by atoms with Crippen LogP contribution in [0.5, 0.6) is 0 Å². The molecule has 3 nitrogen and oxygen atoms in total. The number of likely N-dealkylation sites (tertiary alicyclic amines) is 1. The van der Waals surface area contributed by atoms with Crippen molar-refractivity contribution < 1.29 is 4.74 Å². The molecule has 0 bridgehead atoms. The fourth-order valence-electron chi connectivity index (χ4n) is 3.20. The summed E-state index contributed by atoms with van der Waals surface area (Å²) in [5.41, 5.74) is 0. The molecule has 18 heavy (non-hydrogen) atoms. The standard InChI is InChI=1S/C15H30N2O/c1-13(2)14-4-3-8-17(9-5-14)10-6-15-12-16-7-11-18-15/h13-16H,3-12H2,1-2H3. The van der Waals surface area contributed by atoms with Crippen LogP contribution in [0, 0.1) is 11.8 Å². The maximum atomic E-state index is 5.77. The van der Waals surface area contributed by atoms with Gasteiger partial charge in [-0.3, -0.25) is 0 Å². The molecule has 0 radical (unpaired) electrons. The molecule has 106 valence electrons. The first-order valence-corrected chi connectivity index (χ1v) is 7.80. The summed E-state index contributed by atoms with van der Waals surface area (Å²) in [7, 11) is 0. The van der Waals surface area contributed by atoms with Crippen molar-refractivity contribution in [1.29, 1.82) is 0 Å². The Morgan fingerprint density at radius 3 is 2.89 bits per heavy atom. The van der Waals surface area contributed by atoms with Crippen molar-refractivity contribution in [3.8, 4) is 0 Å². The Balaban J connectivity index is 1.66. The molecule has 2 aliphatic heterocycles. The third-order valence-corrected chi connectivity index (χ3v) is 4.58. The second kappa shape index (κ2) is 7.46. The van der Waals surface area contributed by atoms with E-state index in [9.17, 15) is 0 Å². The minimum absolute atomic E-state index is 0.447. The third-order valence-electron chi connectivity index (χ3n) is 4.58. The van der Waals surface area contributed by atoms with E-state index < -0.39 is 0 Å². The van der Waals surface area contributed by atoms with E-state index in [2.05, 4.69) is 24.1 Å². The highest BCUT2D eigenvalue weighted by atomic mass is 16.5. The molecular formula is C15H30N2O. The molecule has 0 aliphatic carbocycles. The van der Waals surface area contributed by atoms with Crippen LogP contribution in [0.25, 0.3) is 0 Å². The van der Waals surface area contributed by atoms with Gasteiger partial charge in [-0.2, -0.15) is 0 Å². The summed E-state index contributed by atoms with van der Waals surface area (Å²) in [5.74, 6) is 1.80. The first kappa shape index (κ1) is 14.3. The lowest BCUT2D eigenvalue weighted by Crippen LogP contribution is -2.40. The smallest absolute Gasteiger partial charge is 0.0712 e. The summed E-state index contributed by atoms with van der Waals surface area (Å²) in [5, 5.41) is 3.41. The van der Waals surface area contributed by atoms with Crippen molar-refractivity contribution in [1.82, 2.24) is 10.2 Å². The Morgan fingerprint density at radius 2 is 2.17 bits per heavy atom. The van der Waals surface area contributed by atoms with E-state index in [1.165, 1.54) is 45.3 Å². The van der Waals surface area contributed by atoms with Gasteiger partial charge in [0, 0.05) is 19.6 Å². The summed E-state index contributed by atoms with van der Waals surface area (Å²) in [6.45, 7) is 11.5. The topological polar surface area (TPSA) is 24.5 Å². The van der Waals surface area contributed by atoms with Crippen molar-refractivity contribution >= 4 is 0 Å². The van der Waals surface area contributed by atoms with E-state index in [-0.39, 0.29) is 0 Å². The van der Waals surface area contributed by atoms with Gasteiger partial charge in [0.1, 0.15) is 0 Å². The molecule has 2 saturated heterocycles. The lowest BCUT2D eigenvalue weighted by molar-refractivity contribution is 0.0175. The number of hydrogen-bond acceptors (Lipinski definition) is 3. The van der Waals surface area contributed by atoms with E-state index in [0.717, 1.165) is 31.5 Å². The highest BCUT2D eigenvalue weighted by molar-refractivity contribution is 4.74. The van der Waals surface area contributed by atoms with E-state index in [1.54, 1.807) is 0 Å². The summed E-state index contributed by atoms with van der Waals surface area (Å²) >= 11 is 0. The second-order valence-corrected chi connectivity index (χ2v) is 6.26. The fraction of sp³-hybridized carbons (Fsp3) is 1.00. The van der Waals surface area contributed by atoms with Crippen LogP contribution < -0.4 is 5.32 Å². The van der Waals surface area contributed by atoms with Gasteiger partial charge >= 0.3 is 0 Å². The monoisotopic (exact) mass is 254 g/mol. The van der Waals surface area contributed by atoms with Crippen LogP contribution in [0.2, 0.25) is 0 Å². The van der Waals surface area contributed by atoms with Gasteiger partial charge in [-0.15, -0.1) is 0 Å². The zero-order chi connectivity index (χ0) is 12.8. The van der Waals surface area contributed by atoms with Crippen LogP contribution in [0.15, 0.2) is 0 Å². The molecule has 0 aromatic carbocycles. The SMILES string of the molecule is CC(C)C1CCCN(CCC2CNCCO2)CC1. The molecule has 0 spiro atoms. The molecular weight excluding hydrogens is 224 g/mol. The lowest BCUT2D eigenvalue weighted by Gasteiger charge is -2.27. The maximum absolute atomic E-state index is 5.77. The first-order chi connectivity index (χ1) is 8.75. The predicted molar refractivity (Wildman–Crippen MR) is 75.8 cm³/mol. The quantitative estimate of drug-likeness (QED) is 0.832. The van der Waals surface area contributed by atoms with Crippen LogP contribution >= 0.6 is 0 Å². The number of ether oxygens (including phenoxy) is 1. The van der Waals surface area contributed by atoms with Crippen molar-refractivity contribution in [2.75, 3.05) is 39.3 Å². The van der Waals surface area contributed by atoms with Gasteiger partial charge in [0.05, 0.1) is 12.7 Å². The van der Waals surface area contributed by atoms with Crippen LogP contribution in [-0.4, -0.2) is 50.3 Å². The number of nitrogens with zero attached hydrogens (tertiary/aromatic N) is 1. The van der Waals surface area contributed by atoms with Gasteiger partial charge in [0.25, 0.3) is 0 Å². The van der Waals surface area contributed by atoms with Gasteiger partial charge in [-0.05, 0) is 50.6 Å². The van der Waals surface area contributed by atoms with Crippen molar-refractivity contribution in [2.45, 2.75) is 45.6 Å². The third kappa shape index (κ3) is 4.52. The lowest BCUT2D eigenvalue weighted by atomic mass is 9.89. The molecule has 0 amide bonds. The second-order valence-electron chi connectivity index (χ2n) is 6.26. The molecule has 2 unspecified atom stereocenters. The summed E-state index contributed by atoms with van der Waals surface area (Å²) in [4.78, 5) is 2.65. The highest BCUT2D eigenvalue weighted by Crippen LogP contribution is 2.24. The average molecular weight is 254 g/mol. The fourth-order valence-corrected chi connectivity index (χ4v) is 3.20. The van der Waals surface area contributed by atoms with Gasteiger partial charge < -0.3 is 15.0 Å². The van der Waals surface area contributed by atoms with Gasteiger partial charge in [0.15, 0.2) is 0 Å². The molecule has 3 heteroatoms. The Bertz CT molecular complexity index is 227. The highest BCUT2D eigenvalue weighted by Gasteiger charge is 2.20. The normalized spacial score (nSPS) is 31.5. The van der Waals surface area contributed by atoms with Crippen LogP contribution in [0.1, 0.15) is 39.5 Å². The molecule has 1 N–H and O–H groups in total. The zero-order valence-electron chi connectivity index (χ0n) is 12.2. The molecule has 2 aliphatic rings. The van der Waals surface area contributed by atoms with Crippen molar-refractivity contribution in [2.24, 2.45) is 11.8 Å². The van der Waals surface area contributed by atoms with Crippen LogP contribution in [-0.2, 0) is 4.74 Å². The van der Waals surface area contributed by atoms with Gasteiger partial charge in [0.2, 0.25) is 0 Å². The number of rotatable bonds is 4. The molecule has 0 aromatic rings. The Morgan fingerprint density at radius 1 is 1.28 bits per heavy atom.